The maximum absolute atomic E-state index is 5.57. The van der Waals surface area contributed by atoms with E-state index in [2.05, 4.69) is 39.0 Å². The van der Waals surface area contributed by atoms with Gasteiger partial charge in [0, 0.05) is 17.0 Å². The van der Waals surface area contributed by atoms with Gasteiger partial charge in [-0.05, 0) is 35.2 Å². The van der Waals surface area contributed by atoms with Crippen molar-refractivity contribution >= 4 is 26.7 Å². The van der Waals surface area contributed by atoms with Gasteiger partial charge in [-0.2, -0.15) is 0 Å². The minimum atomic E-state index is 0.711. The second kappa shape index (κ2) is 8.48. The Bertz CT molecular complexity index is 959. The first-order chi connectivity index (χ1) is 13.1. The monoisotopic (exact) mass is 432 g/mol. The number of aromatic nitrogens is 1. The number of ether oxygens (including phenoxy) is 4. The molecule has 2 aromatic carbocycles. The second-order valence-corrected chi connectivity index (χ2v) is 6.89. The molecule has 0 radical (unpaired) electrons. The van der Waals surface area contributed by atoms with Gasteiger partial charge in [0.25, 0.3) is 0 Å². The number of hydrogen-bond donors (Lipinski definition) is 0. The van der Waals surface area contributed by atoms with Crippen molar-refractivity contribution < 1.29 is 23.5 Å². The zero-order valence-corrected chi connectivity index (χ0v) is 17.5. The van der Waals surface area contributed by atoms with E-state index in [-0.39, 0.29) is 0 Å². The maximum atomic E-state index is 5.57. The molecule has 142 valence electrons. The van der Waals surface area contributed by atoms with Crippen molar-refractivity contribution in [3.05, 3.63) is 52.8 Å². The van der Waals surface area contributed by atoms with Crippen LogP contribution < -0.4 is 23.5 Å². The van der Waals surface area contributed by atoms with E-state index in [4.69, 9.17) is 18.9 Å². The fraction of sp³-hybridized carbons (Fsp3) is 0.286. The van der Waals surface area contributed by atoms with E-state index >= 15 is 0 Å². The molecule has 0 aliphatic rings. The molecular weight excluding hydrogens is 410 g/mol. The van der Waals surface area contributed by atoms with Crippen LogP contribution in [0.5, 0.6) is 23.0 Å². The molecule has 0 aliphatic carbocycles. The quantitative estimate of drug-likeness (QED) is 0.525. The van der Waals surface area contributed by atoms with E-state index in [0.717, 1.165) is 51.0 Å². The molecule has 0 saturated heterocycles. The predicted molar refractivity (Wildman–Crippen MR) is 108 cm³/mol. The molecule has 5 nitrogen and oxygen atoms in total. The molecule has 0 N–H and O–H groups in total. The average molecular weight is 433 g/mol. The molecule has 1 aromatic heterocycles. The van der Waals surface area contributed by atoms with Gasteiger partial charge in [-0.15, -0.1) is 0 Å². The van der Waals surface area contributed by atoms with Gasteiger partial charge in [0.1, 0.15) is 0 Å². The summed E-state index contributed by atoms with van der Waals surface area (Å²) in [5.41, 5.74) is 1.15. The lowest BCUT2D eigenvalue weighted by Crippen LogP contribution is -2.33. The Morgan fingerprint density at radius 2 is 1.56 bits per heavy atom. The Balaban J connectivity index is 1.89. The topological polar surface area (TPSA) is 40.8 Å². The number of fused-ring (bicyclic) bond motifs is 1. The highest BCUT2D eigenvalue weighted by atomic mass is 79.9. The largest absolute Gasteiger partial charge is 0.493 e. The molecule has 0 saturated carbocycles. The summed E-state index contributed by atoms with van der Waals surface area (Å²) >= 11 is 3.62. The van der Waals surface area contributed by atoms with E-state index < -0.39 is 0 Å². The summed E-state index contributed by atoms with van der Waals surface area (Å²) in [6.45, 7) is 0.810. The average Bonchev–Trinajstić information content (AvgIpc) is 2.71. The van der Waals surface area contributed by atoms with E-state index in [1.165, 1.54) is 0 Å². The van der Waals surface area contributed by atoms with Crippen molar-refractivity contribution in [3.8, 4) is 23.0 Å². The molecule has 3 aromatic rings. The third kappa shape index (κ3) is 3.95. The van der Waals surface area contributed by atoms with Crippen LogP contribution in [-0.2, 0) is 13.0 Å². The van der Waals surface area contributed by atoms with Crippen molar-refractivity contribution in [1.29, 1.82) is 0 Å². The summed E-state index contributed by atoms with van der Waals surface area (Å²) in [4.78, 5) is 0. The second-order valence-electron chi connectivity index (χ2n) is 6.04. The van der Waals surface area contributed by atoms with Crippen molar-refractivity contribution in [2.24, 2.45) is 0 Å². The van der Waals surface area contributed by atoms with Gasteiger partial charge in [-0.3, -0.25) is 0 Å². The third-order valence-electron chi connectivity index (χ3n) is 4.55. The lowest BCUT2D eigenvalue weighted by Gasteiger charge is -2.11. The van der Waals surface area contributed by atoms with E-state index in [1.807, 2.05) is 24.3 Å². The summed E-state index contributed by atoms with van der Waals surface area (Å²) < 4.78 is 24.9. The number of halogens is 1. The van der Waals surface area contributed by atoms with Crippen LogP contribution in [0.2, 0.25) is 0 Å². The van der Waals surface area contributed by atoms with Crippen LogP contribution in [0.15, 0.2) is 47.2 Å². The van der Waals surface area contributed by atoms with Crippen LogP contribution in [0.3, 0.4) is 0 Å². The standard InChI is InChI=1S/C21H23BrNO4/c1-24-18-6-5-14-7-9-23(13-16(14)21(18)27-4)10-8-15-11-19(25-2)20(26-3)12-17(15)22/h5-7,9,11-13H,8,10H2,1-4H3/q+1. The zero-order valence-electron chi connectivity index (χ0n) is 15.9. The summed E-state index contributed by atoms with van der Waals surface area (Å²) in [7, 11) is 6.59. The van der Waals surface area contributed by atoms with E-state index in [9.17, 15) is 0 Å². The summed E-state index contributed by atoms with van der Waals surface area (Å²) in [6.07, 6.45) is 5.00. The molecule has 6 heteroatoms. The fourth-order valence-corrected chi connectivity index (χ4v) is 3.63. The number of pyridine rings is 1. The number of nitrogens with zero attached hydrogens (tertiary/aromatic N) is 1. The van der Waals surface area contributed by atoms with Gasteiger partial charge < -0.3 is 18.9 Å². The van der Waals surface area contributed by atoms with Crippen LogP contribution in [-0.4, -0.2) is 28.4 Å². The molecule has 0 amide bonds. The predicted octanol–water partition coefficient (Wildman–Crippen LogP) is 4.17. The highest BCUT2D eigenvalue weighted by molar-refractivity contribution is 9.10. The molecule has 1 heterocycles. The molecule has 0 unspecified atom stereocenters. The van der Waals surface area contributed by atoms with Crippen molar-refractivity contribution in [1.82, 2.24) is 0 Å². The zero-order chi connectivity index (χ0) is 19.4. The Labute approximate surface area is 167 Å². The molecule has 0 spiro atoms. The number of rotatable bonds is 7. The Morgan fingerprint density at radius 1 is 0.852 bits per heavy atom. The molecule has 0 atom stereocenters. The van der Waals surface area contributed by atoms with Crippen LogP contribution in [0.25, 0.3) is 10.8 Å². The normalized spacial score (nSPS) is 10.7. The SMILES string of the molecule is COc1cc(Br)c(CC[n+]2ccc3ccc(OC)c(OC)c3c2)cc1OC. The maximum Gasteiger partial charge on any atom is 0.180 e. The number of aryl methyl sites for hydroxylation is 2. The van der Waals surface area contributed by atoms with Gasteiger partial charge in [0.2, 0.25) is 0 Å². The lowest BCUT2D eigenvalue weighted by molar-refractivity contribution is -0.695. The van der Waals surface area contributed by atoms with Gasteiger partial charge in [0.15, 0.2) is 41.9 Å². The number of benzene rings is 2. The number of methoxy groups -OCH3 is 4. The van der Waals surface area contributed by atoms with Gasteiger partial charge in [-0.1, -0.05) is 15.9 Å². The Morgan fingerprint density at radius 3 is 2.22 bits per heavy atom. The summed E-state index contributed by atoms with van der Waals surface area (Å²) in [6, 6.07) is 9.99. The fourth-order valence-electron chi connectivity index (χ4n) is 3.11. The van der Waals surface area contributed by atoms with E-state index in [0.29, 0.717) is 5.75 Å². The minimum Gasteiger partial charge on any atom is -0.493 e. The summed E-state index contributed by atoms with van der Waals surface area (Å²) in [5.74, 6) is 2.91. The van der Waals surface area contributed by atoms with Crippen LogP contribution >= 0.6 is 15.9 Å². The first kappa shape index (κ1) is 19.3. The molecule has 3 rings (SSSR count). The van der Waals surface area contributed by atoms with Crippen molar-refractivity contribution in [3.63, 3.8) is 0 Å². The molecule has 0 bridgehead atoms. The Kier molecular flexibility index (Phi) is 6.06. The summed E-state index contributed by atoms with van der Waals surface area (Å²) in [5, 5.41) is 2.13. The van der Waals surface area contributed by atoms with Gasteiger partial charge in [-0.25, -0.2) is 4.57 Å². The molecular formula is C21H23BrNO4+. The first-order valence-corrected chi connectivity index (χ1v) is 9.34. The van der Waals surface area contributed by atoms with Gasteiger partial charge in [0.05, 0.1) is 33.8 Å². The molecule has 27 heavy (non-hydrogen) atoms. The first-order valence-electron chi connectivity index (χ1n) is 8.55. The third-order valence-corrected chi connectivity index (χ3v) is 5.29. The highest BCUT2D eigenvalue weighted by Crippen LogP contribution is 2.35. The smallest absolute Gasteiger partial charge is 0.180 e. The minimum absolute atomic E-state index is 0.711. The van der Waals surface area contributed by atoms with Crippen LogP contribution in [0.1, 0.15) is 5.56 Å². The lowest BCUT2D eigenvalue weighted by atomic mass is 10.1. The number of hydrogen-bond acceptors (Lipinski definition) is 4. The molecule has 0 fully saturated rings. The van der Waals surface area contributed by atoms with E-state index in [1.54, 1.807) is 28.4 Å². The van der Waals surface area contributed by atoms with Crippen LogP contribution in [0.4, 0.5) is 0 Å². The molecule has 0 aliphatic heterocycles. The van der Waals surface area contributed by atoms with Gasteiger partial charge >= 0.3 is 0 Å². The van der Waals surface area contributed by atoms with Crippen LogP contribution in [0, 0.1) is 0 Å². The Hall–Kier alpha value is -2.47. The van der Waals surface area contributed by atoms with Crippen molar-refractivity contribution in [2.45, 2.75) is 13.0 Å². The highest BCUT2D eigenvalue weighted by Gasteiger charge is 2.15. The van der Waals surface area contributed by atoms with Crippen molar-refractivity contribution in [2.75, 3.05) is 28.4 Å².